The molecule has 0 amide bonds. The summed E-state index contributed by atoms with van der Waals surface area (Å²) in [4.78, 5) is 30.0. The van der Waals surface area contributed by atoms with E-state index >= 15 is 0 Å². The first kappa shape index (κ1) is 46.1. The largest absolute Gasteiger partial charge is 0.400 e. The van der Waals surface area contributed by atoms with Crippen LogP contribution in [0.15, 0.2) is 42.5 Å². The maximum atomic E-state index is 11.8. The van der Waals surface area contributed by atoms with Gasteiger partial charge in [0.05, 0.1) is 18.8 Å². The predicted molar refractivity (Wildman–Crippen MR) is 222 cm³/mol. The first-order chi connectivity index (χ1) is 26.3. The zero-order valence-corrected chi connectivity index (χ0v) is 34.7. The number of hydrogen-bond donors (Lipinski definition) is 2. The zero-order chi connectivity index (χ0) is 39.3. The van der Waals surface area contributed by atoms with Gasteiger partial charge in [0.15, 0.2) is 0 Å². The monoisotopic (exact) mass is 751 g/mol. The summed E-state index contributed by atoms with van der Waals surface area (Å²) >= 11 is 0. The molecule has 54 heavy (non-hydrogen) atoms. The van der Waals surface area contributed by atoms with Gasteiger partial charge in [-0.05, 0) is 161 Å². The Morgan fingerprint density at radius 1 is 0.778 bits per heavy atom. The molecule has 6 heteroatoms. The molecular formula is C48H78O6. The molecule has 0 radical (unpaired) electrons. The number of aliphatic hydroxyl groups excluding tert-OH is 2. The van der Waals surface area contributed by atoms with Crippen molar-refractivity contribution in [3.63, 3.8) is 0 Å². The van der Waals surface area contributed by atoms with Crippen LogP contribution in [-0.4, -0.2) is 43.3 Å². The van der Waals surface area contributed by atoms with E-state index in [0.717, 1.165) is 55.1 Å². The van der Waals surface area contributed by atoms with E-state index in [-0.39, 0.29) is 11.5 Å². The topological polar surface area (TPSA) is 93.1 Å². The standard InChI is InChI=1S/C46H72O4.CH4O.CH2O/c1-5-6-7-8-35-11-18-40(19-12-35)41-20-13-36(14-21-41)9-10-38-17-24-45-30-44(26-25-43(45)29-38)42-22-15-37(16-23-42)28-39(27-33(2)3)32-49-50-46(48)34(4)31-47;2*1-2/h25-26,30,35-42,47H,2,4-24,27-29,31-32H2,1,3H3;2H,1H3;1H2. The van der Waals surface area contributed by atoms with Crippen LogP contribution in [0.1, 0.15) is 171 Å². The van der Waals surface area contributed by atoms with Gasteiger partial charge in [-0.25, -0.2) is 4.79 Å². The fraction of sp³-hybridized carbons (Fsp3) is 0.750. The molecule has 1 aromatic rings. The lowest BCUT2D eigenvalue weighted by Crippen LogP contribution is -2.26. The average Bonchev–Trinajstić information content (AvgIpc) is 3.21. The molecule has 306 valence electrons. The molecule has 6 nitrogen and oxygen atoms in total. The Kier molecular flexibility index (Phi) is 22.0. The van der Waals surface area contributed by atoms with E-state index in [0.29, 0.717) is 18.4 Å². The van der Waals surface area contributed by atoms with E-state index in [1.54, 1.807) is 16.7 Å². The van der Waals surface area contributed by atoms with Crippen LogP contribution in [0, 0.1) is 41.4 Å². The van der Waals surface area contributed by atoms with Gasteiger partial charge in [0.1, 0.15) is 6.79 Å². The fourth-order valence-corrected chi connectivity index (χ4v) is 10.6. The molecular weight excluding hydrogens is 673 g/mol. The van der Waals surface area contributed by atoms with E-state index in [1.165, 1.54) is 135 Å². The molecule has 5 rings (SSSR count). The minimum absolute atomic E-state index is 0.00414. The van der Waals surface area contributed by atoms with Gasteiger partial charge in [-0.15, -0.1) is 6.58 Å². The van der Waals surface area contributed by atoms with Crippen molar-refractivity contribution >= 4 is 12.8 Å². The van der Waals surface area contributed by atoms with Crippen molar-refractivity contribution in [2.24, 2.45) is 41.4 Å². The molecule has 3 fully saturated rings. The van der Waals surface area contributed by atoms with Gasteiger partial charge in [-0.1, -0.05) is 95.1 Å². The summed E-state index contributed by atoms with van der Waals surface area (Å²) in [7, 11) is 1.00. The summed E-state index contributed by atoms with van der Waals surface area (Å²) in [5.74, 6) is 5.93. The molecule has 0 spiro atoms. The SMILES string of the molecule is C=C(C)CC(COOC(=O)C(=C)CO)CC1CCC(c2ccc3c(c2)CCC(CCC2CCC(C4CCC(CCCCC)CC4)CC2)C3)CC1.C=O.CO. The van der Waals surface area contributed by atoms with Crippen LogP contribution in [0.2, 0.25) is 0 Å². The second-order valence-electron chi connectivity index (χ2n) is 17.7. The van der Waals surface area contributed by atoms with Crippen LogP contribution in [0.5, 0.6) is 0 Å². The van der Waals surface area contributed by atoms with Crippen molar-refractivity contribution in [2.75, 3.05) is 20.3 Å². The van der Waals surface area contributed by atoms with Crippen LogP contribution in [0.3, 0.4) is 0 Å². The van der Waals surface area contributed by atoms with E-state index < -0.39 is 12.6 Å². The summed E-state index contributed by atoms with van der Waals surface area (Å²) in [5, 5.41) is 16.1. The zero-order valence-electron chi connectivity index (χ0n) is 34.7. The second kappa shape index (κ2) is 25.8. The van der Waals surface area contributed by atoms with Crippen molar-refractivity contribution in [1.82, 2.24) is 0 Å². The quantitative estimate of drug-likeness (QED) is 0.0510. The number of carbonyl (C=O) groups excluding carboxylic acids is 2. The van der Waals surface area contributed by atoms with Crippen LogP contribution >= 0.6 is 0 Å². The lowest BCUT2D eigenvalue weighted by atomic mass is 9.68. The van der Waals surface area contributed by atoms with Gasteiger partial charge in [0.25, 0.3) is 0 Å². The molecule has 2 N–H and O–H groups in total. The van der Waals surface area contributed by atoms with Gasteiger partial charge in [-0.2, -0.15) is 4.89 Å². The lowest BCUT2D eigenvalue weighted by Gasteiger charge is -2.38. The van der Waals surface area contributed by atoms with Gasteiger partial charge < -0.3 is 15.0 Å². The maximum Gasteiger partial charge on any atom is 0.370 e. The number of hydrogen-bond acceptors (Lipinski definition) is 6. The predicted octanol–water partition coefficient (Wildman–Crippen LogP) is 11.5. The molecule has 0 aliphatic heterocycles. The highest BCUT2D eigenvalue weighted by Gasteiger charge is 2.32. The third kappa shape index (κ3) is 15.3. The average molecular weight is 751 g/mol. The summed E-state index contributed by atoms with van der Waals surface area (Å²) in [6.07, 6.45) is 31.8. The smallest absolute Gasteiger partial charge is 0.370 e. The Hall–Kier alpha value is -2.28. The van der Waals surface area contributed by atoms with Crippen LogP contribution in [0.25, 0.3) is 0 Å². The summed E-state index contributed by atoms with van der Waals surface area (Å²) in [6, 6.07) is 7.56. The number of benzene rings is 1. The van der Waals surface area contributed by atoms with Crippen molar-refractivity contribution in [3.05, 3.63) is 59.2 Å². The van der Waals surface area contributed by atoms with Gasteiger partial charge >= 0.3 is 5.97 Å². The minimum Gasteiger partial charge on any atom is -0.400 e. The first-order valence-corrected chi connectivity index (χ1v) is 21.9. The Morgan fingerprint density at radius 3 is 1.96 bits per heavy atom. The van der Waals surface area contributed by atoms with Crippen LogP contribution < -0.4 is 0 Å². The van der Waals surface area contributed by atoms with E-state index in [4.69, 9.17) is 24.8 Å². The molecule has 0 heterocycles. The second-order valence-corrected chi connectivity index (χ2v) is 17.7. The highest BCUT2D eigenvalue weighted by Crippen LogP contribution is 2.44. The Morgan fingerprint density at radius 2 is 1.37 bits per heavy atom. The third-order valence-electron chi connectivity index (χ3n) is 13.7. The van der Waals surface area contributed by atoms with Gasteiger partial charge in [0.2, 0.25) is 0 Å². The van der Waals surface area contributed by atoms with Crippen molar-refractivity contribution in [3.8, 4) is 0 Å². The summed E-state index contributed by atoms with van der Waals surface area (Å²) in [5.41, 5.74) is 5.97. The highest BCUT2D eigenvalue weighted by molar-refractivity contribution is 5.87. The number of rotatable bonds is 18. The molecule has 0 aromatic heterocycles. The Balaban J connectivity index is 0.00000190. The van der Waals surface area contributed by atoms with E-state index in [2.05, 4.69) is 38.3 Å². The molecule has 3 saturated carbocycles. The number of fused-ring (bicyclic) bond motifs is 1. The molecule has 4 aliphatic rings. The Bertz CT molecular complexity index is 1220. The molecule has 4 aliphatic carbocycles. The first-order valence-electron chi connectivity index (χ1n) is 21.9. The number of unbranched alkanes of at least 4 members (excludes halogenated alkanes) is 2. The highest BCUT2D eigenvalue weighted by atomic mass is 17.2. The molecule has 2 atom stereocenters. The third-order valence-corrected chi connectivity index (χ3v) is 13.7. The minimum atomic E-state index is -0.699. The van der Waals surface area contributed by atoms with Crippen molar-refractivity contribution in [1.29, 1.82) is 0 Å². The van der Waals surface area contributed by atoms with E-state index in [1.807, 2.05) is 13.7 Å². The molecule has 0 saturated heterocycles. The van der Waals surface area contributed by atoms with E-state index in [9.17, 15) is 4.79 Å². The summed E-state index contributed by atoms with van der Waals surface area (Å²) < 4.78 is 0. The van der Waals surface area contributed by atoms with Crippen LogP contribution in [-0.2, 0) is 32.2 Å². The fourth-order valence-electron chi connectivity index (χ4n) is 10.6. The number of allylic oxidation sites excluding steroid dienone is 1. The molecule has 2 unspecified atom stereocenters. The van der Waals surface area contributed by atoms with Crippen molar-refractivity contribution in [2.45, 2.75) is 167 Å². The molecule has 1 aromatic carbocycles. The van der Waals surface area contributed by atoms with Gasteiger partial charge in [0, 0.05) is 7.11 Å². The summed E-state index contributed by atoms with van der Waals surface area (Å²) in [6.45, 7) is 13.9. The lowest BCUT2D eigenvalue weighted by molar-refractivity contribution is -0.275. The van der Waals surface area contributed by atoms with Crippen LogP contribution in [0.4, 0.5) is 0 Å². The molecule has 0 bridgehead atoms. The maximum absolute atomic E-state index is 11.8. The van der Waals surface area contributed by atoms with Crippen molar-refractivity contribution < 1.29 is 29.6 Å². The number of aryl methyl sites for hydroxylation is 1. The van der Waals surface area contributed by atoms with Gasteiger partial charge in [-0.3, -0.25) is 4.89 Å². The normalized spacial score (nSPS) is 27.2. The number of aliphatic hydroxyl groups is 2. The Labute approximate surface area is 329 Å². The number of carbonyl (C=O) groups is 2.